The maximum atomic E-state index is 6.22. The number of benzene rings is 10. The largest absolute Gasteiger partial charge is 0.456 e. The van der Waals surface area contributed by atoms with Gasteiger partial charge in [-0.2, -0.15) is 0 Å². The Morgan fingerprint density at radius 1 is 0.267 bits per heavy atom. The van der Waals surface area contributed by atoms with E-state index in [0.717, 1.165) is 55.7 Å². The molecule has 0 spiro atoms. The summed E-state index contributed by atoms with van der Waals surface area (Å²) in [6.07, 6.45) is 0. The molecule has 0 radical (unpaired) electrons. The van der Waals surface area contributed by atoms with Crippen molar-refractivity contribution >= 4 is 49.8 Å². The van der Waals surface area contributed by atoms with E-state index in [2.05, 4.69) is 229 Å². The molecule has 0 fully saturated rings. The molecule has 1 heterocycles. The third-order valence-electron chi connectivity index (χ3n) is 11.7. The van der Waals surface area contributed by atoms with Crippen molar-refractivity contribution in [3.05, 3.63) is 237 Å². The van der Waals surface area contributed by atoms with Crippen LogP contribution >= 0.6 is 0 Å². The number of hydrogen-bond donors (Lipinski definition) is 0. The molecule has 10 aromatic carbocycles. The third kappa shape index (κ3) is 6.41. The van der Waals surface area contributed by atoms with Crippen molar-refractivity contribution in [3.8, 4) is 55.6 Å². The second-order valence-corrected chi connectivity index (χ2v) is 15.3. The zero-order valence-electron chi connectivity index (χ0n) is 32.9. The molecule has 60 heavy (non-hydrogen) atoms. The molecule has 2 heteroatoms. The van der Waals surface area contributed by atoms with Crippen LogP contribution in [0.5, 0.6) is 0 Å². The minimum absolute atomic E-state index is 0.898. The maximum absolute atomic E-state index is 6.22. The summed E-state index contributed by atoms with van der Waals surface area (Å²) < 4.78 is 6.22. The van der Waals surface area contributed by atoms with Crippen LogP contribution in [-0.4, -0.2) is 0 Å². The standard InChI is InChI=1S/C58H39NO/c1-3-14-41(15-4-1)51-36-30-45(38-54(51)46-31-37-58-55(39-46)53-22-10-12-25-57(53)60-58)40-26-32-47(33-27-40)59(56-24-11-9-21-52(56)43-16-5-2-6-17-43)48-34-28-44(29-35-48)50-23-13-19-42-18-7-8-20-49(42)50/h1-39H. The Morgan fingerprint density at radius 3 is 1.57 bits per heavy atom. The van der Waals surface area contributed by atoms with E-state index in [0.29, 0.717) is 0 Å². The highest BCUT2D eigenvalue weighted by Gasteiger charge is 2.19. The summed E-state index contributed by atoms with van der Waals surface area (Å²) in [7, 11) is 0. The summed E-state index contributed by atoms with van der Waals surface area (Å²) in [5.41, 5.74) is 16.9. The van der Waals surface area contributed by atoms with Crippen molar-refractivity contribution in [1.29, 1.82) is 0 Å². The zero-order chi connectivity index (χ0) is 39.8. The predicted octanol–water partition coefficient (Wildman–Crippen LogP) is 16.5. The van der Waals surface area contributed by atoms with Crippen LogP contribution in [0.25, 0.3) is 88.3 Å². The Bertz CT molecular complexity index is 3290. The average Bonchev–Trinajstić information content (AvgIpc) is 3.71. The first-order valence-electron chi connectivity index (χ1n) is 20.5. The van der Waals surface area contributed by atoms with E-state index in [1.165, 1.54) is 49.7 Å². The molecule has 0 saturated heterocycles. The lowest BCUT2D eigenvalue weighted by Gasteiger charge is -2.28. The van der Waals surface area contributed by atoms with Crippen molar-refractivity contribution in [1.82, 2.24) is 0 Å². The average molecular weight is 766 g/mol. The Morgan fingerprint density at radius 2 is 0.800 bits per heavy atom. The van der Waals surface area contributed by atoms with Gasteiger partial charge in [-0.15, -0.1) is 0 Å². The third-order valence-corrected chi connectivity index (χ3v) is 11.7. The predicted molar refractivity (Wildman–Crippen MR) is 253 cm³/mol. The SMILES string of the molecule is c1ccc(-c2ccc(-c3ccc(N(c4ccc(-c5cccc6ccccc56)cc4)c4ccccc4-c4ccccc4)cc3)cc2-c2ccc3oc4ccccc4c3c2)cc1. The number of nitrogens with zero attached hydrogens (tertiary/aromatic N) is 1. The van der Waals surface area contributed by atoms with E-state index < -0.39 is 0 Å². The molecule has 0 saturated carbocycles. The van der Waals surface area contributed by atoms with Gasteiger partial charge in [-0.3, -0.25) is 0 Å². The summed E-state index contributed by atoms with van der Waals surface area (Å²) in [4.78, 5) is 2.38. The first-order valence-corrected chi connectivity index (χ1v) is 20.5. The molecule has 11 rings (SSSR count). The Kier molecular flexibility index (Phi) is 8.87. The Balaban J connectivity index is 1.02. The summed E-state index contributed by atoms with van der Waals surface area (Å²) in [6.45, 7) is 0. The van der Waals surface area contributed by atoms with Crippen LogP contribution < -0.4 is 4.90 Å². The number of fused-ring (bicyclic) bond motifs is 4. The van der Waals surface area contributed by atoms with Gasteiger partial charge in [-0.1, -0.05) is 182 Å². The zero-order valence-corrected chi connectivity index (χ0v) is 32.9. The van der Waals surface area contributed by atoms with E-state index >= 15 is 0 Å². The molecule has 0 aliphatic heterocycles. The lowest BCUT2D eigenvalue weighted by atomic mass is 9.90. The Hall–Kier alpha value is -7.94. The summed E-state index contributed by atoms with van der Waals surface area (Å²) in [5, 5.41) is 4.75. The number of hydrogen-bond acceptors (Lipinski definition) is 2. The highest BCUT2D eigenvalue weighted by Crippen LogP contribution is 2.43. The van der Waals surface area contributed by atoms with Gasteiger partial charge < -0.3 is 9.32 Å². The van der Waals surface area contributed by atoms with E-state index in [4.69, 9.17) is 4.42 Å². The smallest absolute Gasteiger partial charge is 0.135 e. The molecule has 2 nitrogen and oxygen atoms in total. The number of furan rings is 1. The molecule has 0 atom stereocenters. The monoisotopic (exact) mass is 765 g/mol. The molecular formula is C58H39NO. The van der Waals surface area contributed by atoms with Crippen molar-refractivity contribution in [3.63, 3.8) is 0 Å². The van der Waals surface area contributed by atoms with Gasteiger partial charge in [-0.25, -0.2) is 0 Å². The van der Waals surface area contributed by atoms with E-state index in [9.17, 15) is 0 Å². The number of anilines is 3. The molecule has 0 amide bonds. The van der Waals surface area contributed by atoms with Crippen LogP contribution in [0.1, 0.15) is 0 Å². The van der Waals surface area contributed by atoms with Gasteiger partial charge in [0.1, 0.15) is 11.2 Å². The summed E-state index contributed by atoms with van der Waals surface area (Å²) in [5.74, 6) is 0. The molecule has 0 unspecified atom stereocenters. The first-order chi connectivity index (χ1) is 29.7. The summed E-state index contributed by atoms with van der Waals surface area (Å²) in [6, 6.07) is 84.9. The fourth-order valence-corrected chi connectivity index (χ4v) is 8.75. The van der Waals surface area contributed by atoms with Crippen molar-refractivity contribution < 1.29 is 4.42 Å². The van der Waals surface area contributed by atoms with Gasteiger partial charge >= 0.3 is 0 Å². The first kappa shape index (κ1) is 35.2. The highest BCUT2D eigenvalue weighted by atomic mass is 16.3. The lowest BCUT2D eigenvalue weighted by molar-refractivity contribution is 0.669. The quantitative estimate of drug-likeness (QED) is 0.153. The molecule has 1 aromatic heterocycles. The highest BCUT2D eigenvalue weighted by molar-refractivity contribution is 6.07. The van der Waals surface area contributed by atoms with Gasteiger partial charge in [0.05, 0.1) is 5.69 Å². The van der Waals surface area contributed by atoms with Crippen LogP contribution in [0, 0.1) is 0 Å². The van der Waals surface area contributed by atoms with Crippen LogP contribution in [0.3, 0.4) is 0 Å². The minimum Gasteiger partial charge on any atom is -0.456 e. The molecule has 0 aliphatic rings. The van der Waals surface area contributed by atoms with Crippen molar-refractivity contribution in [2.24, 2.45) is 0 Å². The van der Waals surface area contributed by atoms with Crippen molar-refractivity contribution in [2.45, 2.75) is 0 Å². The van der Waals surface area contributed by atoms with Crippen LogP contribution in [0.15, 0.2) is 241 Å². The lowest BCUT2D eigenvalue weighted by Crippen LogP contribution is -2.11. The number of rotatable bonds is 8. The topological polar surface area (TPSA) is 16.4 Å². The molecule has 0 bridgehead atoms. The van der Waals surface area contributed by atoms with Crippen LogP contribution in [0.2, 0.25) is 0 Å². The van der Waals surface area contributed by atoms with Gasteiger partial charge in [0.25, 0.3) is 0 Å². The molecule has 0 aliphatic carbocycles. The fraction of sp³-hybridized carbons (Fsp3) is 0. The molecule has 0 N–H and O–H groups in total. The second-order valence-electron chi connectivity index (χ2n) is 15.3. The van der Waals surface area contributed by atoms with Crippen LogP contribution in [-0.2, 0) is 0 Å². The van der Waals surface area contributed by atoms with Crippen LogP contribution in [0.4, 0.5) is 17.1 Å². The van der Waals surface area contributed by atoms with Gasteiger partial charge in [0.2, 0.25) is 0 Å². The van der Waals surface area contributed by atoms with Gasteiger partial charge in [0.15, 0.2) is 0 Å². The minimum atomic E-state index is 0.898. The summed E-state index contributed by atoms with van der Waals surface area (Å²) >= 11 is 0. The van der Waals surface area contributed by atoms with E-state index in [1.807, 2.05) is 12.1 Å². The maximum Gasteiger partial charge on any atom is 0.135 e. The molecule has 11 aromatic rings. The Labute approximate surface area is 349 Å². The normalized spacial score (nSPS) is 11.3. The van der Waals surface area contributed by atoms with E-state index in [1.54, 1.807) is 0 Å². The molecular weight excluding hydrogens is 727 g/mol. The van der Waals surface area contributed by atoms with Gasteiger partial charge in [-0.05, 0) is 115 Å². The van der Waals surface area contributed by atoms with Crippen molar-refractivity contribution in [2.75, 3.05) is 4.90 Å². The molecule has 282 valence electrons. The fourth-order valence-electron chi connectivity index (χ4n) is 8.75. The van der Waals surface area contributed by atoms with Gasteiger partial charge in [0, 0.05) is 27.7 Å². The van der Waals surface area contributed by atoms with E-state index in [-0.39, 0.29) is 0 Å². The second kappa shape index (κ2) is 15.1. The number of para-hydroxylation sites is 2.